The summed E-state index contributed by atoms with van der Waals surface area (Å²) in [4.78, 5) is 2.61. The Labute approximate surface area is 116 Å². The van der Waals surface area contributed by atoms with Crippen molar-refractivity contribution in [2.45, 2.75) is 49.5 Å². The van der Waals surface area contributed by atoms with Gasteiger partial charge in [0, 0.05) is 5.54 Å². The van der Waals surface area contributed by atoms with Crippen molar-refractivity contribution < 1.29 is 0 Å². The van der Waals surface area contributed by atoms with E-state index >= 15 is 0 Å². The molecule has 0 unspecified atom stereocenters. The number of rotatable bonds is 2. The monoisotopic (exact) mass is 256 g/mol. The van der Waals surface area contributed by atoms with Gasteiger partial charge in [0.15, 0.2) is 0 Å². The predicted molar refractivity (Wildman–Crippen MR) is 78.1 cm³/mol. The van der Waals surface area contributed by atoms with E-state index in [1.165, 1.54) is 50.9 Å². The average Bonchev–Trinajstić information content (AvgIpc) is 2.47. The molecule has 0 radical (unpaired) electrons. The van der Waals surface area contributed by atoms with Crippen molar-refractivity contribution >= 4 is 0 Å². The van der Waals surface area contributed by atoms with Crippen molar-refractivity contribution in [1.82, 2.24) is 4.90 Å². The lowest BCUT2D eigenvalue weighted by atomic mass is 9.66. The van der Waals surface area contributed by atoms with Crippen LogP contribution < -0.4 is 5.73 Å². The Balaban J connectivity index is 1.62. The first-order valence-electron chi connectivity index (χ1n) is 7.83. The molecule has 0 atom stereocenters. The highest BCUT2D eigenvalue weighted by atomic mass is 15.1. The molecule has 1 aliphatic carbocycles. The van der Waals surface area contributed by atoms with Crippen LogP contribution in [0.15, 0.2) is 24.3 Å². The van der Waals surface area contributed by atoms with E-state index in [4.69, 9.17) is 5.73 Å². The van der Waals surface area contributed by atoms with Gasteiger partial charge in [-0.3, -0.25) is 0 Å². The molecule has 1 saturated carbocycles. The van der Waals surface area contributed by atoms with E-state index in [0.717, 1.165) is 12.8 Å². The fourth-order valence-corrected chi connectivity index (χ4v) is 4.26. The third kappa shape index (κ3) is 1.77. The minimum absolute atomic E-state index is 0.00781. The standard InChI is InChI=1S/C17H24N2/c18-17(6-1-7-17)15-4-2-14(3-5-15)16-8-11-19(12-9-16)13-10-16/h2-5H,1,6-13,18H2. The minimum Gasteiger partial charge on any atom is -0.321 e. The van der Waals surface area contributed by atoms with Crippen LogP contribution in [0.5, 0.6) is 0 Å². The Morgan fingerprint density at radius 3 is 1.79 bits per heavy atom. The molecule has 2 heteroatoms. The molecule has 4 fully saturated rings. The molecule has 0 aromatic heterocycles. The Morgan fingerprint density at radius 1 is 0.789 bits per heavy atom. The highest BCUT2D eigenvalue weighted by molar-refractivity contribution is 5.35. The number of fused-ring (bicyclic) bond motifs is 3. The van der Waals surface area contributed by atoms with Crippen LogP contribution in [0.3, 0.4) is 0 Å². The van der Waals surface area contributed by atoms with Crippen LogP contribution in [-0.2, 0) is 11.0 Å². The SMILES string of the molecule is NC1(c2ccc(C34CCN(CC3)CC4)cc2)CCC1. The fourth-order valence-electron chi connectivity index (χ4n) is 4.26. The lowest BCUT2D eigenvalue weighted by Gasteiger charge is -2.49. The van der Waals surface area contributed by atoms with Crippen molar-refractivity contribution in [3.8, 4) is 0 Å². The summed E-state index contributed by atoms with van der Waals surface area (Å²) >= 11 is 0. The summed E-state index contributed by atoms with van der Waals surface area (Å²) in [6.07, 6.45) is 7.65. The average molecular weight is 256 g/mol. The molecule has 3 saturated heterocycles. The Kier molecular flexibility index (Phi) is 2.55. The van der Waals surface area contributed by atoms with Gasteiger partial charge < -0.3 is 10.6 Å². The molecule has 2 nitrogen and oxygen atoms in total. The molecule has 2 N–H and O–H groups in total. The summed E-state index contributed by atoms with van der Waals surface area (Å²) in [5.41, 5.74) is 9.81. The smallest absolute Gasteiger partial charge is 0.0409 e. The second kappa shape index (κ2) is 4.07. The van der Waals surface area contributed by atoms with E-state index in [9.17, 15) is 0 Å². The third-order valence-corrected chi connectivity index (χ3v) is 6.04. The van der Waals surface area contributed by atoms with Crippen LogP contribution >= 0.6 is 0 Å². The molecule has 3 heterocycles. The summed E-state index contributed by atoms with van der Waals surface area (Å²) in [5.74, 6) is 0. The Morgan fingerprint density at radius 2 is 1.32 bits per heavy atom. The summed E-state index contributed by atoms with van der Waals surface area (Å²) < 4.78 is 0. The molecular formula is C17H24N2. The number of benzene rings is 1. The van der Waals surface area contributed by atoms with E-state index < -0.39 is 0 Å². The highest BCUT2D eigenvalue weighted by Crippen LogP contribution is 2.44. The fraction of sp³-hybridized carbons (Fsp3) is 0.647. The van der Waals surface area contributed by atoms with Crippen LogP contribution in [0.2, 0.25) is 0 Å². The van der Waals surface area contributed by atoms with Crippen molar-refractivity contribution in [2.24, 2.45) is 5.73 Å². The molecule has 5 rings (SSSR count). The molecule has 102 valence electrons. The van der Waals surface area contributed by atoms with Gasteiger partial charge in [0.25, 0.3) is 0 Å². The predicted octanol–water partition coefficient (Wildman–Crippen LogP) is 2.76. The van der Waals surface area contributed by atoms with Crippen LogP contribution in [0.1, 0.15) is 49.7 Å². The van der Waals surface area contributed by atoms with Gasteiger partial charge in [-0.1, -0.05) is 24.3 Å². The first kappa shape index (κ1) is 11.9. The zero-order chi connectivity index (χ0) is 12.9. The second-order valence-corrected chi connectivity index (χ2v) is 6.96. The second-order valence-electron chi connectivity index (χ2n) is 6.96. The number of hydrogen-bond donors (Lipinski definition) is 1. The quantitative estimate of drug-likeness (QED) is 0.881. The van der Waals surface area contributed by atoms with E-state index in [2.05, 4.69) is 29.2 Å². The van der Waals surface area contributed by atoms with Gasteiger partial charge in [-0.15, -0.1) is 0 Å². The largest absolute Gasteiger partial charge is 0.321 e. The maximum absolute atomic E-state index is 6.42. The third-order valence-electron chi connectivity index (χ3n) is 6.04. The van der Waals surface area contributed by atoms with E-state index in [1.807, 2.05) is 0 Å². The number of hydrogen-bond acceptors (Lipinski definition) is 2. The molecule has 19 heavy (non-hydrogen) atoms. The van der Waals surface area contributed by atoms with Gasteiger partial charge in [0.1, 0.15) is 0 Å². The van der Waals surface area contributed by atoms with Gasteiger partial charge in [-0.25, -0.2) is 0 Å². The molecule has 0 amide bonds. The van der Waals surface area contributed by atoms with E-state index in [-0.39, 0.29) is 5.54 Å². The highest BCUT2D eigenvalue weighted by Gasteiger charge is 2.41. The summed E-state index contributed by atoms with van der Waals surface area (Å²) in [6, 6.07) is 9.38. The Bertz CT molecular complexity index is 451. The van der Waals surface area contributed by atoms with Gasteiger partial charge >= 0.3 is 0 Å². The Hall–Kier alpha value is -0.860. The topological polar surface area (TPSA) is 29.3 Å². The van der Waals surface area contributed by atoms with Gasteiger partial charge in [-0.05, 0) is 74.7 Å². The molecule has 1 aromatic rings. The maximum atomic E-state index is 6.42. The van der Waals surface area contributed by atoms with Crippen molar-refractivity contribution in [3.63, 3.8) is 0 Å². The van der Waals surface area contributed by atoms with Crippen LogP contribution in [-0.4, -0.2) is 24.5 Å². The maximum Gasteiger partial charge on any atom is 0.0409 e. The number of piperidine rings is 3. The summed E-state index contributed by atoms with van der Waals surface area (Å²) in [7, 11) is 0. The summed E-state index contributed by atoms with van der Waals surface area (Å²) in [5, 5.41) is 0. The lowest BCUT2D eigenvalue weighted by Crippen LogP contribution is -2.50. The van der Waals surface area contributed by atoms with Gasteiger partial charge in [0.05, 0.1) is 0 Å². The van der Waals surface area contributed by atoms with Crippen molar-refractivity contribution in [3.05, 3.63) is 35.4 Å². The normalized spacial score (nSPS) is 35.9. The molecule has 4 aliphatic rings. The van der Waals surface area contributed by atoms with Crippen LogP contribution in [0.25, 0.3) is 0 Å². The minimum atomic E-state index is -0.00781. The number of nitrogens with two attached hydrogens (primary N) is 1. The van der Waals surface area contributed by atoms with E-state index in [1.54, 1.807) is 5.56 Å². The molecule has 0 spiro atoms. The lowest BCUT2D eigenvalue weighted by molar-refractivity contribution is 0.0817. The van der Waals surface area contributed by atoms with E-state index in [0.29, 0.717) is 5.41 Å². The van der Waals surface area contributed by atoms with Gasteiger partial charge in [0.2, 0.25) is 0 Å². The zero-order valence-electron chi connectivity index (χ0n) is 11.7. The first-order chi connectivity index (χ1) is 9.20. The zero-order valence-corrected chi connectivity index (χ0v) is 11.7. The molecule has 2 bridgehead atoms. The number of nitrogens with zero attached hydrogens (tertiary/aromatic N) is 1. The molecule has 3 aliphatic heterocycles. The van der Waals surface area contributed by atoms with Crippen LogP contribution in [0.4, 0.5) is 0 Å². The van der Waals surface area contributed by atoms with Crippen molar-refractivity contribution in [2.75, 3.05) is 19.6 Å². The summed E-state index contributed by atoms with van der Waals surface area (Å²) in [6.45, 7) is 3.88. The molecule has 1 aromatic carbocycles. The van der Waals surface area contributed by atoms with Crippen molar-refractivity contribution in [1.29, 1.82) is 0 Å². The van der Waals surface area contributed by atoms with Crippen LogP contribution in [0, 0.1) is 0 Å². The first-order valence-corrected chi connectivity index (χ1v) is 7.83. The molecular weight excluding hydrogens is 232 g/mol. The van der Waals surface area contributed by atoms with Gasteiger partial charge in [-0.2, -0.15) is 0 Å².